The van der Waals surface area contributed by atoms with Crippen LogP contribution in [0.3, 0.4) is 0 Å². The lowest BCUT2D eigenvalue weighted by molar-refractivity contribution is 0.100. The van der Waals surface area contributed by atoms with E-state index in [-0.39, 0.29) is 69.7 Å². The molecule has 5 aromatic rings. The summed E-state index contributed by atoms with van der Waals surface area (Å²) in [6.07, 6.45) is 0.0835. The molecule has 4 aromatic carbocycles. The molecule has 0 amide bonds. The zero-order chi connectivity index (χ0) is 31.2. The van der Waals surface area contributed by atoms with Crippen LogP contribution >= 0.6 is 11.6 Å². The van der Waals surface area contributed by atoms with Gasteiger partial charge in [-0.15, -0.1) is 0 Å². The van der Waals surface area contributed by atoms with Gasteiger partial charge in [0, 0.05) is 52.1 Å². The van der Waals surface area contributed by atoms with Crippen LogP contribution in [0.4, 0.5) is 0 Å². The standard InChI is InChI=1S/C35H32ClNO6/c1-18-13-25(20(3)38)34(42)28(32(18)40)15-27-24-7-5-6-8-30(24)37(17-22-9-11-23(36)12-10-22)31(27)16-29-33(41)19(2)14-26(21(4)39)35(29)43/h5-14,40-43H,15-17H2,1-4H3. The van der Waals surface area contributed by atoms with Crippen molar-refractivity contribution in [3.05, 3.63) is 116 Å². The second-order valence-corrected chi connectivity index (χ2v) is 11.4. The molecule has 1 heterocycles. The highest BCUT2D eigenvalue weighted by atomic mass is 35.5. The number of hydrogen-bond donors (Lipinski definition) is 4. The van der Waals surface area contributed by atoms with Gasteiger partial charge in [-0.1, -0.05) is 41.9 Å². The maximum atomic E-state index is 12.4. The summed E-state index contributed by atoms with van der Waals surface area (Å²) < 4.78 is 2.05. The number of carbonyl (C=O) groups is 2. The van der Waals surface area contributed by atoms with Crippen molar-refractivity contribution >= 4 is 34.1 Å². The molecule has 4 N–H and O–H groups in total. The van der Waals surface area contributed by atoms with Gasteiger partial charge in [0.25, 0.3) is 0 Å². The molecule has 0 unspecified atom stereocenters. The Morgan fingerprint density at radius 3 is 1.74 bits per heavy atom. The smallest absolute Gasteiger partial charge is 0.163 e. The second-order valence-electron chi connectivity index (χ2n) is 11.0. The topological polar surface area (TPSA) is 120 Å². The third kappa shape index (κ3) is 5.44. The fraction of sp³-hybridized carbons (Fsp3) is 0.200. The molecular weight excluding hydrogens is 566 g/mol. The fourth-order valence-corrected chi connectivity index (χ4v) is 5.85. The van der Waals surface area contributed by atoms with Crippen molar-refractivity contribution < 1.29 is 30.0 Å². The van der Waals surface area contributed by atoms with Crippen molar-refractivity contribution in [2.24, 2.45) is 0 Å². The highest BCUT2D eigenvalue weighted by molar-refractivity contribution is 6.30. The van der Waals surface area contributed by atoms with Crippen LogP contribution in [0.2, 0.25) is 5.02 Å². The van der Waals surface area contributed by atoms with Crippen molar-refractivity contribution in [1.82, 2.24) is 4.57 Å². The minimum atomic E-state index is -0.338. The van der Waals surface area contributed by atoms with Gasteiger partial charge >= 0.3 is 0 Å². The Labute approximate surface area is 254 Å². The van der Waals surface area contributed by atoms with Gasteiger partial charge in [0.1, 0.15) is 23.0 Å². The van der Waals surface area contributed by atoms with E-state index in [2.05, 4.69) is 4.57 Å². The van der Waals surface area contributed by atoms with E-state index < -0.39 is 0 Å². The number of rotatable bonds is 8. The molecule has 220 valence electrons. The molecule has 0 saturated heterocycles. The average molecular weight is 598 g/mol. The third-order valence-corrected chi connectivity index (χ3v) is 8.28. The van der Waals surface area contributed by atoms with E-state index in [1.807, 2.05) is 36.4 Å². The molecule has 1 aromatic heterocycles. The van der Waals surface area contributed by atoms with Crippen molar-refractivity contribution in [3.63, 3.8) is 0 Å². The van der Waals surface area contributed by atoms with Crippen molar-refractivity contribution in [1.29, 1.82) is 0 Å². The van der Waals surface area contributed by atoms with Crippen molar-refractivity contribution in [3.8, 4) is 23.0 Å². The van der Waals surface area contributed by atoms with E-state index in [9.17, 15) is 30.0 Å². The number of aromatic hydroxyl groups is 4. The number of carbonyl (C=O) groups excluding carboxylic acids is 2. The van der Waals surface area contributed by atoms with Gasteiger partial charge in [0.05, 0.1) is 11.1 Å². The number of phenolic OH excluding ortho intramolecular Hbond substituents is 4. The fourth-order valence-electron chi connectivity index (χ4n) is 5.73. The predicted molar refractivity (Wildman–Crippen MR) is 167 cm³/mol. The van der Waals surface area contributed by atoms with E-state index >= 15 is 0 Å². The van der Waals surface area contributed by atoms with Crippen LogP contribution in [0, 0.1) is 13.8 Å². The van der Waals surface area contributed by atoms with E-state index in [4.69, 9.17) is 11.6 Å². The van der Waals surface area contributed by atoms with Gasteiger partial charge in [-0.2, -0.15) is 0 Å². The lowest BCUT2D eigenvalue weighted by Crippen LogP contribution is -2.09. The normalized spacial score (nSPS) is 11.3. The van der Waals surface area contributed by atoms with Gasteiger partial charge in [-0.3, -0.25) is 9.59 Å². The van der Waals surface area contributed by atoms with Crippen LogP contribution in [-0.2, 0) is 19.4 Å². The molecule has 5 rings (SSSR count). The van der Waals surface area contributed by atoms with Crippen LogP contribution in [0.5, 0.6) is 23.0 Å². The predicted octanol–water partition coefficient (Wildman–Crippen LogP) is 7.37. The summed E-state index contributed by atoms with van der Waals surface area (Å²) in [6, 6.07) is 18.0. The van der Waals surface area contributed by atoms with Gasteiger partial charge in [-0.25, -0.2) is 0 Å². The molecular formula is C35H32ClNO6. The summed E-state index contributed by atoms with van der Waals surface area (Å²) in [5.74, 6) is -1.52. The molecule has 43 heavy (non-hydrogen) atoms. The van der Waals surface area contributed by atoms with E-state index in [1.54, 1.807) is 26.0 Å². The molecule has 0 fully saturated rings. The Kier molecular flexibility index (Phi) is 7.95. The van der Waals surface area contributed by atoms with Crippen LogP contribution in [0.1, 0.15) is 73.6 Å². The lowest BCUT2D eigenvalue weighted by atomic mass is 9.92. The Hall–Kier alpha value is -4.75. The molecule has 0 aliphatic rings. The van der Waals surface area contributed by atoms with Gasteiger partial charge in [0.2, 0.25) is 0 Å². The van der Waals surface area contributed by atoms with E-state index in [0.717, 1.165) is 22.0 Å². The number of hydrogen-bond acceptors (Lipinski definition) is 6. The zero-order valence-electron chi connectivity index (χ0n) is 24.3. The van der Waals surface area contributed by atoms with Crippen LogP contribution in [0.25, 0.3) is 10.9 Å². The molecule has 0 atom stereocenters. The van der Waals surface area contributed by atoms with Crippen LogP contribution in [-0.4, -0.2) is 36.6 Å². The zero-order valence-corrected chi connectivity index (χ0v) is 25.1. The molecule has 8 heteroatoms. The Balaban J connectivity index is 1.81. The molecule has 0 radical (unpaired) electrons. The number of aromatic nitrogens is 1. The quantitative estimate of drug-likeness (QED) is 0.139. The summed E-state index contributed by atoms with van der Waals surface area (Å²) in [5, 5.41) is 46.0. The number of ketones is 2. The number of aryl methyl sites for hydroxylation is 2. The van der Waals surface area contributed by atoms with E-state index in [0.29, 0.717) is 28.4 Å². The minimum absolute atomic E-state index is 0.0319. The van der Waals surface area contributed by atoms with Crippen LogP contribution < -0.4 is 0 Å². The molecule has 0 aliphatic heterocycles. The number of fused-ring (bicyclic) bond motifs is 1. The summed E-state index contributed by atoms with van der Waals surface area (Å²) in [7, 11) is 0. The average Bonchev–Trinajstić information content (AvgIpc) is 3.25. The number of nitrogens with zero attached hydrogens (tertiary/aromatic N) is 1. The first kappa shape index (κ1) is 29.7. The Morgan fingerprint density at radius 1 is 0.698 bits per heavy atom. The van der Waals surface area contributed by atoms with E-state index in [1.165, 1.54) is 26.0 Å². The lowest BCUT2D eigenvalue weighted by Gasteiger charge is -2.18. The molecule has 0 bridgehead atoms. The molecule has 7 nitrogen and oxygen atoms in total. The van der Waals surface area contributed by atoms with Crippen molar-refractivity contribution in [2.75, 3.05) is 0 Å². The largest absolute Gasteiger partial charge is 0.507 e. The monoisotopic (exact) mass is 597 g/mol. The first-order chi connectivity index (χ1) is 20.4. The Morgan fingerprint density at radius 2 is 1.21 bits per heavy atom. The summed E-state index contributed by atoms with van der Waals surface area (Å²) >= 11 is 6.15. The first-order valence-electron chi connectivity index (χ1n) is 13.8. The Bertz CT molecular complexity index is 1920. The second kappa shape index (κ2) is 11.5. The molecule has 0 aliphatic carbocycles. The summed E-state index contributed by atoms with van der Waals surface area (Å²) in [5.41, 5.74) is 4.69. The molecule has 0 spiro atoms. The highest BCUT2D eigenvalue weighted by Gasteiger charge is 2.26. The first-order valence-corrected chi connectivity index (χ1v) is 14.2. The SMILES string of the molecule is CC(=O)c1cc(C)c(O)c(Cc2c(Cc3c(O)c(C)cc(C(C)=O)c3O)n(Cc3ccc(Cl)cc3)c3ccccc23)c1O. The van der Waals surface area contributed by atoms with Gasteiger partial charge in [-0.05, 0) is 80.3 Å². The van der Waals surface area contributed by atoms with Crippen LogP contribution in [0.15, 0.2) is 60.7 Å². The molecule has 0 saturated carbocycles. The third-order valence-electron chi connectivity index (χ3n) is 8.03. The maximum absolute atomic E-state index is 12.4. The number of halogens is 1. The van der Waals surface area contributed by atoms with Crippen molar-refractivity contribution in [2.45, 2.75) is 47.1 Å². The summed E-state index contributed by atoms with van der Waals surface area (Å²) in [6.45, 7) is 6.45. The minimum Gasteiger partial charge on any atom is -0.507 e. The number of Topliss-reactive ketones (excluding diaryl/α,β-unsaturated/α-hetero) is 2. The number of phenols is 4. The van der Waals surface area contributed by atoms with Gasteiger partial charge < -0.3 is 25.0 Å². The summed E-state index contributed by atoms with van der Waals surface area (Å²) in [4.78, 5) is 24.7. The highest BCUT2D eigenvalue weighted by Crippen LogP contribution is 2.42. The van der Waals surface area contributed by atoms with Gasteiger partial charge in [0.15, 0.2) is 11.6 Å². The maximum Gasteiger partial charge on any atom is 0.163 e. The number of benzene rings is 4. The number of para-hydroxylation sites is 1.